The van der Waals surface area contributed by atoms with Crippen LogP contribution < -0.4 is 15.0 Å². The van der Waals surface area contributed by atoms with Gasteiger partial charge in [0.25, 0.3) is 5.91 Å². The number of halogens is 3. The number of nitrogens with zero attached hydrogens (tertiary/aromatic N) is 3. The largest absolute Gasteiger partial charge is 0.573 e. The minimum atomic E-state index is -4.77. The van der Waals surface area contributed by atoms with Crippen LogP contribution in [0.3, 0.4) is 0 Å². The summed E-state index contributed by atoms with van der Waals surface area (Å²) in [6.07, 6.45) is -0.577. The molecule has 1 aliphatic rings. The third-order valence-electron chi connectivity index (χ3n) is 4.99. The summed E-state index contributed by atoms with van der Waals surface area (Å²) in [7, 11) is 0. The van der Waals surface area contributed by atoms with E-state index in [-0.39, 0.29) is 5.75 Å². The normalized spacial score (nSPS) is 16.4. The molecule has 31 heavy (non-hydrogen) atoms. The van der Waals surface area contributed by atoms with Crippen molar-refractivity contribution < 1.29 is 22.7 Å². The number of nitrogens with one attached hydrogen (secondary N) is 2. The number of H-pyrrole nitrogens is 1. The quantitative estimate of drug-likeness (QED) is 0.623. The molecule has 3 aromatic rings. The number of alkyl halides is 3. The first kappa shape index (κ1) is 20.7. The van der Waals surface area contributed by atoms with Crippen LogP contribution in [0.2, 0.25) is 0 Å². The Hall–Kier alpha value is -3.56. The van der Waals surface area contributed by atoms with Gasteiger partial charge >= 0.3 is 6.36 Å². The summed E-state index contributed by atoms with van der Waals surface area (Å²) in [5.41, 5.74) is 2.15. The van der Waals surface area contributed by atoms with Crippen LogP contribution in [-0.2, 0) is 0 Å². The molecular weight excluding hydrogens is 411 g/mol. The van der Waals surface area contributed by atoms with Crippen molar-refractivity contribution in [2.24, 2.45) is 5.92 Å². The zero-order chi connectivity index (χ0) is 22.0. The Balaban J connectivity index is 1.55. The standard InChI is InChI=1S/C21H20F3N5O2/c1-13-7-9-29(12-13)19-17(18-6-8-26-28-18)10-14(11-25-19)20(30)27-15-2-4-16(5-3-15)31-21(22,23)24/h2-6,8,10-11,13H,7,9,12H2,1H3,(H,26,28)(H,27,30). The van der Waals surface area contributed by atoms with Gasteiger partial charge in [0.05, 0.1) is 11.3 Å². The van der Waals surface area contributed by atoms with Crippen molar-refractivity contribution in [1.82, 2.24) is 15.2 Å². The van der Waals surface area contributed by atoms with Gasteiger partial charge in [-0.1, -0.05) is 6.92 Å². The first-order valence-electron chi connectivity index (χ1n) is 9.70. The third-order valence-corrected chi connectivity index (χ3v) is 4.99. The highest BCUT2D eigenvalue weighted by Crippen LogP contribution is 2.32. The molecule has 4 rings (SSSR count). The second-order valence-corrected chi connectivity index (χ2v) is 7.43. The fraction of sp³-hybridized carbons (Fsp3) is 0.286. The van der Waals surface area contributed by atoms with Crippen LogP contribution >= 0.6 is 0 Å². The number of aromatic amines is 1. The number of carbonyl (C=O) groups excluding carboxylic acids is 1. The molecule has 1 aromatic carbocycles. The van der Waals surface area contributed by atoms with E-state index in [0.29, 0.717) is 17.2 Å². The van der Waals surface area contributed by atoms with E-state index in [1.807, 2.05) is 0 Å². The molecule has 1 saturated heterocycles. The lowest BCUT2D eigenvalue weighted by atomic mass is 10.1. The van der Waals surface area contributed by atoms with E-state index in [1.165, 1.54) is 18.3 Å². The summed E-state index contributed by atoms with van der Waals surface area (Å²) < 4.78 is 40.7. The van der Waals surface area contributed by atoms with Crippen LogP contribution in [0.25, 0.3) is 11.3 Å². The predicted molar refractivity (Wildman–Crippen MR) is 109 cm³/mol. The predicted octanol–water partition coefficient (Wildman–Crippen LogP) is 4.47. The SMILES string of the molecule is CC1CCN(c2ncc(C(=O)Nc3ccc(OC(F)(F)F)cc3)cc2-c2ccn[nH]2)C1. The topological polar surface area (TPSA) is 83.1 Å². The van der Waals surface area contributed by atoms with Gasteiger partial charge in [0.1, 0.15) is 11.6 Å². The maximum Gasteiger partial charge on any atom is 0.573 e. The number of pyridine rings is 1. The Morgan fingerprint density at radius 2 is 2.03 bits per heavy atom. The fourth-order valence-corrected chi connectivity index (χ4v) is 3.51. The zero-order valence-electron chi connectivity index (χ0n) is 16.6. The summed E-state index contributed by atoms with van der Waals surface area (Å²) >= 11 is 0. The molecule has 1 fully saturated rings. The Labute approximate surface area is 176 Å². The molecule has 0 aliphatic carbocycles. The molecule has 2 aromatic heterocycles. The zero-order valence-corrected chi connectivity index (χ0v) is 16.6. The van der Waals surface area contributed by atoms with Gasteiger partial charge in [0.15, 0.2) is 0 Å². The van der Waals surface area contributed by atoms with E-state index < -0.39 is 12.3 Å². The fourth-order valence-electron chi connectivity index (χ4n) is 3.51. The minimum Gasteiger partial charge on any atom is -0.406 e. The molecule has 1 atom stereocenters. The molecule has 162 valence electrons. The van der Waals surface area contributed by atoms with Crippen LogP contribution in [0.5, 0.6) is 5.75 Å². The number of anilines is 2. The summed E-state index contributed by atoms with van der Waals surface area (Å²) in [6, 6.07) is 8.48. The van der Waals surface area contributed by atoms with E-state index in [2.05, 4.69) is 37.1 Å². The number of benzene rings is 1. The van der Waals surface area contributed by atoms with Crippen LogP contribution in [0.1, 0.15) is 23.7 Å². The minimum absolute atomic E-state index is 0.316. The lowest BCUT2D eigenvalue weighted by molar-refractivity contribution is -0.274. The van der Waals surface area contributed by atoms with Crippen LogP contribution in [0.15, 0.2) is 48.8 Å². The van der Waals surface area contributed by atoms with Crippen molar-refractivity contribution in [2.45, 2.75) is 19.7 Å². The number of amides is 1. The molecule has 2 N–H and O–H groups in total. The molecule has 0 saturated carbocycles. The van der Waals surface area contributed by atoms with E-state index in [9.17, 15) is 18.0 Å². The smallest absolute Gasteiger partial charge is 0.406 e. The van der Waals surface area contributed by atoms with Crippen molar-refractivity contribution in [3.05, 3.63) is 54.4 Å². The Bertz CT molecular complexity index is 1050. The van der Waals surface area contributed by atoms with E-state index in [0.717, 1.165) is 48.7 Å². The maximum atomic E-state index is 12.7. The summed E-state index contributed by atoms with van der Waals surface area (Å²) in [5.74, 6) is 0.541. The molecule has 0 spiro atoms. The number of carbonyl (C=O) groups is 1. The van der Waals surface area contributed by atoms with Crippen molar-refractivity contribution in [2.75, 3.05) is 23.3 Å². The summed E-state index contributed by atoms with van der Waals surface area (Å²) in [5, 5.41) is 9.57. The van der Waals surface area contributed by atoms with E-state index in [4.69, 9.17) is 0 Å². The van der Waals surface area contributed by atoms with Gasteiger partial charge in [-0.2, -0.15) is 5.10 Å². The maximum absolute atomic E-state index is 12.7. The van der Waals surface area contributed by atoms with Gasteiger partial charge in [-0.05, 0) is 48.7 Å². The van der Waals surface area contributed by atoms with Gasteiger partial charge in [-0.15, -0.1) is 13.2 Å². The Morgan fingerprint density at radius 1 is 1.26 bits per heavy atom. The van der Waals surface area contributed by atoms with E-state index in [1.54, 1.807) is 18.3 Å². The van der Waals surface area contributed by atoms with Gasteiger partial charge < -0.3 is 15.0 Å². The van der Waals surface area contributed by atoms with Crippen LogP contribution in [-0.4, -0.2) is 40.5 Å². The first-order chi connectivity index (χ1) is 14.8. The molecule has 1 amide bonds. The van der Waals surface area contributed by atoms with Crippen molar-refractivity contribution in [3.8, 4) is 17.0 Å². The molecule has 3 heterocycles. The molecule has 0 bridgehead atoms. The number of hydrogen-bond donors (Lipinski definition) is 2. The molecule has 7 nitrogen and oxygen atoms in total. The molecule has 0 radical (unpaired) electrons. The van der Waals surface area contributed by atoms with Crippen molar-refractivity contribution in [3.63, 3.8) is 0 Å². The summed E-state index contributed by atoms with van der Waals surface area (Å²) in [4.78, 5) is 19.5. The number of ether oxygens (including phenoxy) is 1. The highest BCUT2D eigenvalue weighted by atomic mass is 19.4. The summed E-state index contributed by atoms with van der Waals surface area (Å²) in [6.45, 7) is 3.95. The first-order valence-corrected chi connectivity index (χ1v) is 9.70. The average molecular weight is 431 g/mol. The van der Waals surface area contributed by atoms with Gasteiger partial charge in [0.2, 0.25) is 0 Å². The number of rotatable bonds is 5. The number of aromatic nitrogens is 3. The lowest BCUT2D eigenvalue weighted by Gasteiger charge is -2.20. The highest BCUT2D eigenvalue weighted by molar-refractivity contribution is 6.05. The van der Waals surface area contributed by atoms with Crippen LogP contribution in [0.4, 0.5) is 24.7 Å². The van der Waals surface area contributed by atoms with Gasteiger partial charge in [0, 0.05) is 36.7 Å². The third kappa shape index (κ3) is 4.96. The van der Waals surface area contributed by atoms with Gasteiger partial charge in [-0.3, -0.25) is 9.89 Å². The van der Waals surface area contributed by atoms with Crippen molar-refractivity contribution in [1.29, 1.82) is 0 Å². The lowest BCUT2D eigenvalue weighted by Crippen LogP contribution is -2.22. The monoisotopic (exact) mass is 431 g/mol. The molecule has 1 unspecified atom stereocenters. The highest BCUT2D eigenvalue weighted by Gasteiger charge is 2.31. The Morgan fingerprint density at radius 3 is 2.65 bits per heavy atom. The molecule has 1 aliphatic heterocycles. The average Bonchev–Trinajstić information content (AvgIpc) is 3.40. The second-order valence-electron chi connectivity index (χ2n) is 7.43. The van der Waals surface area contributed by atoms with E-state index >= 15 is 0 Å². The number of hydrogen-bond acceptors (Lipinski definition) is 5. The second kappa shape index (κ2) is 8.29. The van der Waals surface area contributed by atoms with Crippen LogP contribution in [0, 0.1) is 5.92 Å². The van der Waals surface area contributed by atoms with Gasteiger partial charge in [-0.25, -0.2) is 4.98 Å². The van der Waals surface area contributed by atoms with Crippen molar-refractivity contribution >= 4 is 17.4 Å². The molecular formula is C21H20F3N5O2. The molecule has 10 heteroatoms. The Kier molecular flexibility index (Phi) is 5.53.